The summed E-state index contributed by atoms with van der Waals surface area (Å²) in [6.07, 6.45) is 7.00. The van der Waals surface area contributed by atoms with E-state index in [4.69, 9.17) is 0 Å². The molecular formula is C19H27NO2. The van der Waals surface area contributed by atoms with Crippen LogP contribution in [0.1, 0.15) is 44.6 Å². The Balaban J connectivity index is 1.81. The van der Waals surface area contributed by atoms with Gasteiger partial charge in [0.05, 0.1) is 5.92 Å². The van der Waals surface area contributed by atoms with Crippen molar-refractivity contribution >= 4 is 11.5 Å². The number of carboxylic acids is 1. The third-order valence-corrected chi connectivity index (χ3v) is 4.49. The lowest BCUT2D eigenvalue weighted by Crippen LogP contribution is -2.31. The first-order chi connectivity index (χ1) is 10.7. The molecule has 0 amide bonds. The van der Waals surface area contributed by atoms with Crippen molar-refractivity contribution in [2.75, 3.05) is 19.6 Å². The van der Waals surface area contributed by atoms with Crippen LogP contribution in [-0.2, 0) is 4.79 Å². The fourth-order valence-corrected chi connectivity index (χ4v) is 3.01. The maximum Gasteiger partial charge on any atom is 0.306 e. The van der Waals surface area contributed by atoms with E-state index in [1.807, 2.05) is 6.07 Å². The fourth-order valence-electron chi connectivity index (χ4n) is 3.01. The van der Waals surface area contributed by atoms with Crippen LogP contribution < -0.4 is 0 Å². The molecule has 1 aromatic carbocycles. The molecular weight excluding hydrogens is 274 g/mol. The van der Waals surface area contributed by atoms with Crippen LogP contribution in [0.15, 0.2) is 36.4 Å². The molecule has 120 valence electrons. The van der Waals surface area contributed by atoms with Crippen molar-refractivity contribution < 1.29 is 9.90 Å². The Labute approximate surface area is 133 Å². The minimum Gasteiger partial charge on any atom is -0.481 e. The summed E-state index contributed by atoms with van der Waals surface area (Å²) in [6, 6.07) is 10.5. The molecule has 1 atom stereocenters. The Morgan fingerprint density at radius 2 is 2.05 bits per heavy atom. The molecule has 0 aromatic heterocycles. The van der Waals surface area contributed by atoms with Crippen molar-refractivity contribution in [3.05, 3.63) is 42.0 Å². The lowest BCUT2D eigenvalue weighted by molar-refractivity contribution is -0.142. The second-order valence-corrected chi connectivity index (χ2v) is 6.11. The molecule has 3 heteroatoms. The number of unbranched alkanes of at least 4 members (excludes halogenated alkanes) is 1. The van der Waals surface area contributed by atoms with E-state index in [0.29, 0.717) is 0 Å². The molecule has 1 heterocycles. The van der Waals surface area contributed by atoms with Gasteiger partial charge in [0, 0.05) is 13.1 Å². The van der Waals surface area contributed by atoms with Gasteiger partial charge in [0.1, 0.15) is 0 Å². The topological polar surface area (TPSA) is 40.5 Å². The molecule has 0 saturated carbocycles. The van der Waals surface area contributed by atoms with Gasteiger partial charge in [-0.05, 0) is 36.9 Å². The second kappa shape index (κ2) is 8.74. The lowest BCUT2D eigenvalue weighted by atomic mass is 9.97. The van der Waals surface area contributed by atoms with Crippen molar-refractivity contribution in [1.29, 1.82) is 0 Å². The maximum atomic E-state index is 11.3. The molecule has 0 bridgehead atoms. The number of nitrogens with zero attached hydrogens (tertiary/aromatic N) is 1. The minimum absolute atomic E-state index is 0.181. The SMILES string of the molecule is CCCCC(CCN1CC=C(c2ccccc2)CC1)C(=O)O. The van der Waals surface area contributed by atoms with Crippen molar-refractivity contribution in [3.8, 4) is 0 Å². The quantitative estimate of drug-likeness (QED) is 0.787. The summed E-state index contributed by atoms with van der Waals surface area (Å²) in [4.78, 5) is 13.7. The third-order valence-electron chi connectivity index (χ3n) is 4.49. The van der Waals surface area contributed by atoms with Crippen LogP contribution in [0.2, 0.25) is 0 Å². The average Bonchev–Trinajstić information content (AvgIpc) is 2.56. The van der Waals surface area contributed by atoms with Gasteiger partial charge < -0.3 is 5.11 Å². The zero-order valence-corrected chi connectivity index (χ0v) is 13.5. The van der Waals surface area contributed by atoms with Gasteiger partial charge in [0.15, 0.2) is 0 Å². The van der Waals surface area contributed by atoms with Gasteiger partial charge in [-0.15, -0.1) is 0 Å². The molecule has 3 nitrogen and oxygen atoms in total. The van der Waals surface area contributed by atoms with Crippen molar-refractivity contribution in [3.63, 3.8) is 0 Å². The van der Waals surface area contributed by atoms with Crippen LogP contribution in [0.3, 0.4) is 0 Å². The summed E-state index contributed by atoms with van der Waals surface area (Å²) < 4.78 is 0. The van der Waals surface area contributed by atoms with Crippen molar-refractivity contribution in [1.82, 2.24) is 4.90 Å². The van der Waals surface area contributed by atoms with Crippen LogP contribution in [0, 0.1) is 5.92 Å². The summed E-state index contributed by atoms with van der Waals surface area (Å²) in [5.41, 5.74) is 2.73. The van der Waals surface area contributed by atoms with E-state index in [1.165, 1.54) is 11.1 Å². The van der Waals surface area contributed by atoms with E-state index < -0.39 is 5.97 Å². The Bertz CT molecular complexity index is 495. The van der Waals surface area contributed by atoms with E-state index in [9.17, 15) is 9.90 Å². The van der Waals surface area contributed by atoms with Crippen molar-refractivity contribution in [2.45, 2.75) is 39.0 Å². The van der Waals surface area contributed by atoms with E-state index in [2.05, 4.69) is 42.2 Å². The molecule has 0 aliphatic carbocycles. The minimum atomic E-state index is -0.633. The van der Waals surface area contributed by atoms with Crippen LogP contribution in [0.4, 0.5) is 0 Å². The molecule has 2 rings (SSSR count). The molecule has 0 radical (unpaired) electrons. The summed E-state index contributed by atoms with van der Waals surface area (Å²) in [7, 11) is 0. The lowest BCUT2D eigenvalue weighted by Gasteiger charge is -2.27. The third kappa shape index (κ3) is 4.99. The molecule has 0 saturated heterocycles. The van der Waals surface area contributed by atoms with E-state index in [1.54, 1.807) is 0 Å². The van der Waals surface area contributed by atoms with E-state index >= 15 is 0 Å². The van der Waals surface area contributed by atoms with Gasteiger partial charge >= 0.3 is 5.97 Å². The van der Waals surface area contributed by atoms with E-state index in [0.717, 1.165) is 51.7 Å². The van der Waals surface area contributed by atoms with Gasteiger partial charge in [-0.3, -0.25) is 9.69 Å². The Morgan fingerprint density at radius 3 is 2.64 bits per heavy atom. The van der Waals surface area contributed by atoms with Crippen LogP contribution in [0.25, 0.3) is 5.57 Å². The predicted octanol–water partition coefficient (Wildman–Crippen LogP) is 4.06. The molecule has 0 spiro atoms. The highest BCUT2D eigenvalue weighted by molar-refractivity contribution is 5.70. The molecule has 1 aliphatic rings. The Hall–Kier alpha value is -1.61. The summed E-state index contributed by atoms with van der Waals surface area (Å²) >= 11 is 0. The zero-order valence-electron chi connectivity index (χ0n) is 13.5. The number of carbonyl (C=O) groups is 1. The summed E-state index contributed by atoms with van der Waals surface area (Å²) in [5, 5.41) is 9.29. The van der Waals surface area contributed by atoms with Gasteiger partial charge in [0.2, 0.25) is 0 Å². The number of aliphatic carboxylic acids is 1. The largest absolute Gasteiger partial charge is 0.481 e. The maximum absolute atomic E-state index is 11.3. The highest BCUT2D eigenvalue weighted by Crippen LogP contribution is 2.23. The standard InChI is InChI=1S/C19H27NO2/c1-2-3-7-18(19(21)22)12-15-20-13-10-17(11-14-20)16-8-5-4-6-9-16/h4-6,8-10,18H,2-3,7,11-15H2,1H3,(H,21,22). The van der Waals surface area contributed by atoms with Crippen molar-refractivity contribution in [2.24, 2.45) is 5.92 Å². The molecule has 1 unspecified atom stereocenters. The van der Waals surface area contributed by atoms with Crippen LogP contribution in [-0.4, -0.2) is 35.6 Å². The van der Waals surface area contributed by atoms with Gasteiger partial charge in [0.25, 0.3) is 0 Å². The smallest absolute Gasteiger partial charge is 0.306 e. The van der Waals surface area contributed by atoms with Gasteiger partial charge in [-0.25, -0.2) is 0 Å². The normalized spacial score (nSPS) is 17.0. The molecule has 1 aliphatic heterocycles. The molecule has 1 N–H and O–H groups in total. The first-order valence-corrected chi connectivity index (χ1v) is 8.40. The highest BCUT2D eigenvalue weighted by atomic mass is 16.4. The average molecular weight is 301 g/mol. The van der Waals surface area contributed by atoms with Crippen LogP contribution in [0.5, 0.6) is 0 Å². The first kappa shape index (κ1) is 16.8. The number of carboxylic acid groups (broad SMARTS) is 1. The molecule has 0 fully saturated rings. The second-order valence-electron chi connectivity index (χ2n) is 6.11. The summed E-state index contributed by atoms with van der Waals surface area (Å²) in [5.74, 6) is -0.814. The van der Waals surface area contributed by atoms with Gasteiger partial charge in [-0.1, -0.05) is 56.2 Å². The van der Waals surface area contributed by atoms with E-state index in [-0.39, 0.29) is 5.92 Å². The number of hydrogen-bond acceptors (Lipinski definition) is 2. The number of rotatable bonds is 8. The van der Waals surface area contributed by atoms with Gasteiger partial charge in [-0.2, -0.15) is 0 Å². The Morgan fingerprint density at radius 1 is 1.27 bits per heavy atom. The number of hydrogen-bond donors (Lipinski definition) is 1. The number of benzene rings is 1. The molecule has 22 heavy (non-hydrogen) atoms. The fraction of sp³-hybridized carbons (Fsp3) is 0.526. The Kier molecular flexibility index (Phi) is 6.66. The summed E-state index contributed by atoms with van der Waals surface area (Å²) in [6.45, 7) is 4.96. The first-order valence-electron chi connectivity index (χ1n) is 8.40. The zero-order chi connectivity index (χ0) is 15.8. The predicted molar refractivity (Wildman–Crippen MR) is 90.7 cm³/mol. The van der Waals surface area contributed by atoms with Crippen LogP contribution >= 0.6 is 0 Å². The highest BCUT2D eigenvalue weighted by Gasteiger charge is 2.19. The monoisotopic (exact) mass is 301 g/mol. The molecule has 1 aromatic rings.